The Morgan fingerprint density at radius 3 is 2.33 bits per heavy atom. The Balaban J connectivity index is 2.42. The van der Waals surface area contributed by atoms with Crippen LogP contribution < -0.4 is 4.90 Å². The summed E-state index contributed by atoms with van der Waals surface area (Å²) in [6.07, 6.45) is 3.23. The van der Waals surface area contributed by atoms with Gasteiger partial charge in [-0.25, -0.2) is 0 Å². The molecule has 1 aromatic carbocycles. The van der Waals surface area contributed by atoms with Gasteiger partial charge < -0.3 is 14.9 Å². The SMILES string of the molecule is CCCCCN1C(=O)C(O)=C(C(=O)CC(C)C)C1c1ccc(N(C)C)cc1. The van der Waals surface area contributed by atoms with Crippen LogP contribution in [0.2, 0.25) is 0 Å². The molecule has 0 bridgehead atoms. The molecule has 0 aliphatic carbocycles. The Kier molecular flexibility index (Phi) is 7.05. The standard InChI is InChI=1S/C22H32N2O3/c1-6-7-8-13-24-20(16-9-11-17(12-10-16)23(4)5)19(21(26)22(24)27)18(25)14-15(2)3/h9-12,15,20,26H,6-8,13-14H2,1-5H3. The molecule has 1 atom stereocenters. The normalized spacial score (nSPS) is 17.2. The molecule has 1 N–H and O–H groups in total. The molecule has 5 nitrogen and oxygen atoms in total. The Morgan fingerprint density at radius 2 is 1.81 bits per heavy atom. The van der Waals surface area contributed by atoms with E-state index >= 15 is 0 Å². The summed E-state index contributed by atoms with van der Waals surface area (Å²) < 4.78 is 0. The topological polar surface area (TPSA) is 60.9 Å². The second-order valence-corrected chi connectivity index (χ2v) is 7.88. The van der Waals surface area contributed by atoms with Gasteiger partial charge in [-0.1, -0.05) is 45.7 Å². The largest absolute Gasteiger partial charge is 0.503 e. The van der Waals surface area contributed by atoms with Crippen LogP contribution in [0, 0.1) is 5.92 Å². The smallest absolute Gasteiger partial charge is 0.290 e. The Labute approximate surface area is 162 Å². The Hall–Kier alpha value is -2.30. The van der Waals surface area contributed by atoms with Crippen LogP contribution in [0.1, 0.15) is 58.1 Å². The number of Topliss-reactive ketones (excluding diaryl/α,β-unsaturated/α-hetero) is 1. The van der Waals surface area contributed by atoms with Crippen molar-refractivity contribution in [3.05, 3.63) is 41.2 Å². The van der Waals surface area contributed by atoms with Gasteiger partial charge in [0.15, 0.2) is 11.5 Å². The zero-order chi connectivity index (χ0) is 20.1. The van der Waals surface area contributed by atoms with Gasteiger partial charge in [0.2, 0.25) is 0 Å². The molecule has 5 heteroatoms. The molecule has 148 valence electrons. The summed E-state index contributed by atoms with van der Waals surface area (Å²) >= 11 is 0. The van der Waals surface area contributed by atoms with Crippen LogP contribution >= 0.6 is 0 Å². The molecular formula is C22H32N2O3. The number of aliphatic hydroxyl groups excluding tert-OH is 1. The van der Waals surface area contributed by atoms with Crippen LogP contribution in [0.5, 0.6) is 0 Å². The first-order valence-electron chi connectivity index (χ1n) is 9.82. The summed E-state index contributed by atoms with van der Waals surface area (Å²) in [5.41, 5.74) is 2.16. The van der Waals surface area contributed by atoms with E-state index in [1.165, 1.54) is 0 Å². The van der Waals surface area contributed by atoms with Gasteiger partial charge in [-0.15, -0.1) is 0 Å². The molecule has 1 unspecified atom stereocenters. The zero-order valence-electron chi connectivity index (χ0n) is 17.2. The van der Waals surface area contributed by atoms with Gasteiger partial charge in [-0.2, -0.15) is 0 Å². The molecule has 1 heterocycles. The van der Waals surface area contributed by atoms with Gasteiger partial charge in [0.25, 0.3) is 5.91 Å². The van der Waals surface area contributed by atoms with E-state index in [1.807, 2.05) is 57.1 Å². The summed E-state index contributed by atoms with van der Waals surface area (Å²) in [5.74, 6) is -0.784. The number of rotatable bonds is 9. The molecule has 1 aliphatic heterocycles. The summed E-state index contributed by atoms with van der Waals surface area (Å²) in [5, 5.41) is 10.5. The van der Waals surface area contributed by atoms with Crippen molar-refractivity contribution in [2.45, 2.75) is 52.5 Å². The molecule has 1 amide bonds. The molecule has 1 aromatic rings. The average Bonchev–Trinajstić information content (AvgIpc) is 2.86. The molecule has 27 heavy (non-hydrogen) atoms. The van der Waals surface area contributed by atoms with E-state index in [4.69, 9.17) is 0 Å². The number of ketones is 1. The van der Waals surface area contributed by atoms with Crippen LogP contribution in [0.3, 0.4) is 0 Å². The third kappa shape index (κ3) is 4.71. The van der Waals surface area contributed by atoms with E-state index in [9.17, 15) is 14.7 Å². The molecule has 0 saturated heterocycles. The Bertz CT molecular complexity index is 705. The van der Waals surface area contributed by atoms with Crippen molar-refractivity contribution in [2.75, 3.05) is 25.5 Å². The number of carbonyl (C=O) groups excluding carboxylic acids is 2. The van der Waals surface area contributed by atoms with Crippen molar-refractivity contribution >= 4 is 17.4 Å². The van der Waals surface area contributed by atoms with E-state index in [2.05, 4.69) is 6.92 Å². The number of nitrogens with zero attached hydrogens (tertiary/aromatic N) is 2. The highest BCUT2D eigenvalue weighted by molar-refractivity contribution is 6.09. The van der Waals surface area contributed by atoms with Crippen molar-refractivity contribution < 1.29 is 14.7 Å². The number of hydrogen-bond acceptors (Lipinski definition) is 4. The van der Waals surface area contributed by atoms with Crippen molar-refractivity contribution in [2.24, 2.45) is 5.92 Å². The predicted octanol–water partition coefficient (Wildman–Crippen LogP) is 4.25. The zero-order valence-corrected chi connectivity index (χ0v) is 17.2. The maximum Gasteiger partial charge on any atom is 0.290 e. The van der Waals surface area contributed by atoms with Crippen LogP contribution in [0.4, 0.5) is 5.69 Å². The van der Waals surface area contributed by atoms with Gasteiger partial charge >= 0.3 is 0 Å². The minimum absolute atomic E-state index is 0.143. The summed E-state index contributed by atoms with van der Waals surface area (Å²) in [6.45, 7) is 6.57. The number of unbranched alkanes of at least 4 members (excludes halogenated alkanes) is 2. The number of hydrogen-bond donors (Lipinski definition) is 1. The molecular weight excluding hydrogens is 340 g/mol. The van der Waals surface area contributed by atoms with Gasteiger partial charge in [-0.3, -0.25) is 9.59 Å². The first-order chi connectivity index (χ1) is 12.8. The van der Waals surface area contributed by atoms with Crippen LogP contribution in [-0.2, 0) is 9.59 Å². The molecule has 0 radical (unpaired) electrons. The van der Waals surface area contributed by atoms with Gasteiger partial charge in [0, 0.05) is 32.7 Å². The van der Waals surface area contributed by atoms with Crippen molar-refractivity contribution in [3.63, 3.8) is 0 Å². The molecule has 0 fully saturated rings. The second-order valence-electron chi connectivity index (χ2n) is 7.88. The molecule has 2 rings (SSSR count). The molecule has 0 spiro atoms. The highest BCUT2D eigenvalue weighted by Crippen LogP contribution is 2.39. The van der Waals surface area contributed by atoms with E-state index < -0.39 is 11.9 Å². The summed E-state index contributed by atoms with van der Waals surface area (Å²) in [4.78, 5) is 29.2. The lowest BCUT2D eigenvalue weighted by molar-refractivity contribution is -0.129. The number of benzene rings is 1. The highest BCUT2D eigenvalue weighted by atomic mass is 16.3. The van der Waals surface area contributed by atoms with Gasteiger partial charge in [0.1, 0.15) is 0 Å². The third-order valence-corrected chi connectivity index (χ3v) is 4.93. The first kappa shape index (κ1) is 21.0. The number of carbonyl (C=O) groups is 2. The lowest BCUT2D eigenvalue weighted by Gasteiger charge is -2.27. The fourth-order valence-electron chi connectivity index (χ4n) is 3.48. The highest BCUT2D eigenvalue weighted by Gasteiger charge is 2.42. The maximum absolute atomic E-state index is 12.8. The second kappa shape index (κ2) is 9.07. The lowest BCUT2D eigenvalue weighted by atomic mass is 9.92. The van der Waals surface area contributed by atoms with E-state index in [0.717, 1.165) is 30.5 Å². The molecule has 0 aromatic heterocycles. The van der Waals surface area contributed by atoms with Gasteiger partial charge in [-0.05, 0) is 30.0 Å². The van der Waals surface area contributed by atoms with E-state index in [0.29, 0.717) is 13.0 Å². The van der Waals surface area contributed by atoms with Crippen molar-refractivity contribution in [3.8, 4) is 0 Å². The number of amides is 1. The molecule has 1 aliphatic rings. The van der Waals surface area contributed by atoms with Gasteiger partial charge in [0.05, 0.1) is 11.6 Å². The van der Waals surface area contributed by atoms with Crippen LogP contribution in [-0.4, -0.2) is 42.3 Å². The van der Waals surface area contributed by atoms with E-state index in [-0.39, 0.29) is 23.0 Å². The quantitative estimate of drug-likeness (QED) is 0.658. The minimum atomic E-state index is -0.503. The first-order valence-corrected chi connectivity index (χ1v) is 9.82. The summed E-state index contributed by atoms with van der Waals surface area (Å²) in [6, 6.07) is 7.34. The maximum atomic E-state index is 12.8. The summed E-state index contributed by atoms with van der Waals surface area (Å²) in [7, 11) is 3.93. The molecule has 0 saturated carbocycles. The fourth-order valence-corrected chi connectivity index (χ4v) is 3.48. The average molecular weight is 373 g/mol. The minimum Gasteiger partial charge on any atom is -0.503 e. The monoisotopic (exact) mass is 372 g/mol. The number of aliphatic hydroxyl groups is 1. The predicted molar refractivity (Wildman–Crippen MR) is 109 cm³/mol. The Morgan fingerprint density at radius 1 is 1.19 bits per heavy atom. The fraction of sp³-hybridized carbons (Fsp3) is 0.545. The number of anilines is 1. The lowest BCUT2D eigenvalue weighted by Crippen LogP contribution is -2.32. The van der Waals surface area contributed by atoms with Crippen molar-refractivity contribution in [1.82, 2.24) is 4.90 Å². The van der Waals surface area contributed by atoms with Crippen molar-refractivity contribution in [1.29, 1.82) is 0 Å². The third-order valence-electron chi connectivity index (χ3n) is 4.93. The van der Waals surface area contributed by atoms with Crippen LogP contribution in [0.15, 0.2) is 35.6 Å². The van der Waals surface area contributed by atoms with E-state index in [1.54, 1.807) is 4.90 Å². The van der Waals surface area contributed by atoms with Crippen LogP contribution in [0.25, 0.3) is 0 Å².